The molecule has 0 amide bonds. The molecular formula is C17H17ClN4O4S. The van der Waals surface area contributed by atoms with Gasteiger partial charge in [0.25, 0.3) is 0 Å². The van der Waals surface area contributed by atoms with E-state index in [2.05, 4.69) is 19.7 Å². The Morgan fingerprint density at radius 1 is 1.15 bits per heavy atom. The van der Waals surface area contributed by atoms with E-state index in [-0.39, 0.29) is 10.8 Å². The molecule has 2 heterocycles. The second kappa shape index (κ2) is 7.01. The Balaban J connectivity index is 1.84. The van der Waals surface area contributed by atoms with E-state index in [1.165, 1.54) is 12.1 Å². The predicted molar refractivity (Wildman–Crippen MR) is 104 cm³/mol. The van der Waals surface area contributed by atoms with Crippen molar-refractivity contribution in [3.63, 3.8) is 0 Å². The van der Waals surface area contributed by atoms with Crippen LogP contribution in [-0.4, -0.2) is 49.9 Å². The van der Waals surface area contributed by atoms with Crippen molar-refractivity contribution in [2.24, 2.45) is 4.99 Å². The van der Waals surface area contributed by atoms with Crippen LogP contribution in [0.4, 0.5) is 17.1 Å². The molecule has 10 heteroatoms. The van der Waals surface area contributed by atoms with Crippen molar-refractivity contribution in [1.29, 1.82) is 0 Å². The van der Waals surface area contributed by atoms with Crippen molar-refractivity contribution in [3.05, 3.63) is 47.0 Å². The molecule has 3 N–H and O–H groups in total. The van der Waals surface area contributed by atoms with Crippen molar-refractivity contribution in [1.82, 2.24) is 10.2 Å². The quantitative estimate of drug-likeness (QED) is 0.656. The molecule has 8 nitrogen and oxygen atoms in total. The molecule has 1 saturated heterocycles. The predicted octanol–water partition coefficient (Wildman–Crippen LogP) is 2.56. The number of fused-ring (bicyclic) bond motifs is 2. The van der Waals surface area contributed by atoms with Crippen LogP contribution in [0, 0.1) is 0 Å². The van der Waals surface area contributed by atoms with Crippen LogP contribution < -0.4 is 14.8 Å². The van der Waals surface area contributed by atoms with Crippen LogP contribution >= 0.6 is 11.6 Å². The monoisotopic (exact) mass is 408 g/mol. The van der Waals surface area contributed by atoms with Crippen LogP contribution in [0.15, 0.2) is 41.4 Å². The lowest BCUT2D eigenvalue weighted by Gasteiger charge is -2.30. The zero-order valence-corrected chi connectivity index (χ0v) is 15.7. The van der Waals surface area contributed by atoms with Gasteiger partial charge >= 0.3 is 10.4 Å². The maximum Gasteiger partial charge on any atom is 0.446 e. The van der Waals surface area contributed by atoms with Crippen molar-refractivity contribution in [2.45, 2.75) is 0 Å². The summed E-state index contributed by atoms with van der Waals surface area (Å²) < 4.78 is 35.6. The number of hydrogen-bond donors (Lipinski definition) is 3. The summed E-state index contributed by atoms with van der Waals surface area (Å²) in [4.78, 5) is 7.00. The van der Waals surface area contributed by atoms with E-state index in [1.807, 2.05) is 24.3 Å². The van der Waals surface area contributed by atoms with E-state index in [9.17, 15) is 8.42 Å². The van der Waals surface area contributed by atoms with Gasteiger partial charge in [-0.3, -0.25) is 4.55 Å². The second-order valence-electron chi connectivity index (χ2n) is 6.15. The zero-order chi connectivity index (χ0) is 19.0. The fourth-order valence-electron chi connectivity index (χ4n) is 3.14. The molecule has 1 fully saturated rings. The zero-order valence-electron chi connectivity index (χ0n) is 14.1. The standard InChI is InChI=1S/C17H17ClN4O4S/c18-12-9-14-15(10-16(12)26-27(23,24)25)20-13-4-2-1-3-11(13)17(21-14)22-7-5-19-6-8-22/h1-4,9-10,19-20H,5-8H2,(H,23,24,25). The molecule has 0 atom stereocenters. The van der Waals surface area contributed by atoms with Crippen LogP contribution in [0.3, 0.4) is 0 Å². The molecule has 142 valence electrons. The van der Waals surface area contributed by atoms with Gasteiger partial charge in [-0.05, 0) is 18.2 Å². The summed E-state index contributed by atoms with van der Waals surface area (Å²) in [5.41, 5.74) is 2.83. The Bertz CT molecular complexity index is 1020. The number of hydrogen-bond acceptors (Lipinski definition) is 7. The van der Waals surface area contributed by atoms with Gasteiger partial charge in [0.1, 0.15) is 5.84 Å². The summed E-state index contributed by atoms with van der Waals surface area (Å²) in [5.74, 6) is 0.640. The third-order valence-corrected chi connectivity index (χ3v) is 5.01. The third kappa shape index (κ3) is 3.86. The van der Waals surface area contributed by atoms with Crippen LogP contribution in [0.2, 0.25) is 5.02 Å². The second-order valence-corrected chi connectivity index (χ2v) is 7.58. The van der Waals surface area contributed by atoms with Crippen molar-refractivity contribution < 1.29 is 17.2 Å². The summed E-state index contributed by atoms with van der Waals surface area (Å²) in [7, 11) is -4.69. The first-order valence-electron chi connectivity index (χ1n) is 8.32. The van der Waals surface area contributed by atoms with Crippen molar-refractivity contribution in [2.75, 3.05) is 31.5 Å². The first-order valence-corrected chi connectivity index (χ1v) is 10.1. The molecular weight excluding hydrogens is 392 g/mol. The number of para-hydroxylation sites is 1. The maximum absolute atomic E-state index is 11.1. The molecule has 2 aromatic rings. The van der Waals surface area contributed by atoms with E-state index in [4.69, 9.17) is 21.1 Å². The molecule has 0 bridgehead atoms. The van der Waals surface area contributed by atoms with E-state index < -0.39 is 10.4 Å². The van der Waals surface area contributed by atoms with Gasteiger partial charge in [0.2, 0.25) is 0 Å². The van der Waals surface area contributed by atoms with Gasteiger partial charge in [-0.2, -0.15) is 8.42 Å². The van der Waals surface area contributed by atoms with Gasteiger partial charge in [-0.25, -0.2) is 4.99 Å². The number of rotatable bonds is 2. The lowest BCUT2D eigenvalue weighted by Crippen LogP contribution is -2.46. The summed E-state index contributed by atoms with van der Waals surface area (Å²) in [6.45, 7) is 3.37. The highest BCUT2D eigenvalue weighted by molar-refractivity contribution is 7.81. The van der Waals surface area contributed by atoms with Crippen molar-refractivity contribution >= 4 is 44.9 Å². The smallest absolute Gasteiger partial charge is 0.360 e. The molecule has 27 heavy (non-hydrogen) atoms. The lowest BCUT2D eigenvalue weighted by molar-refractivity contribution is 0.358. The molecule has 0 unspecified atom stereocenters. The molecule has 0 aliphatic carbocycles. The maximum atomic E-state index is 11.1. The first kappa shape index (κ1) is 18.1. The average Bonchev–Trinajstić information content (AvgIpc) is 2.78. The highest BCUT2D eigenvalue weighted by atomic mass is 35.5. The van der Waals surface area contributed by atoms with E-state index in [0.717, 1.165) is 43.3 Å². The minimum atomic E-state index is -4.69. The van der Waals surface area contributed by atoms with Crippen LogP contribution in [-0.2, 0) is 10.4 Å². The highest BCUT2D eigenvalue weighted by Gasteiger charge is 2.24. The number of amidine groups is 1. The van der Waals surface area contributed by atoms with Crippen LogP contribution in [0.25, 0.3) is 0 Å². The summed E-state index contributed by atoms with van der Waals surface area (Å²) >= 11 is 6.14. The third-order valence-electron chi connectivity index (χ3n) is 4.33. The largest absolute Gasteiger partial charge is 0.446 e. The summed E-state index contributed by atoms with van der Waals surface area (Å²) in [6.07, 6.45) is 0. The molecule has 2 aliphatic rings. The number of halogens is 1. The minimum Gasteiger partial charge on any atom is -0.360 e. The van der Waals surface area contributed by atoms with Gasteiger partial charge in [0, 0.05) is 43.5 Å². The van der Waals surface area contributed by atoms with E-state index in [0.29, 0.717) is 11.4 Å². The highest BCUT2D eigenvalue weighted by Crippen LogP contribution is 2.41. The topological polar surface area (TPSA) is 103 Å². The number of benzene rings is 2. The number of nitrogens with zero attached hydrogens (tertiary/aromatic N) is 2. The van der Waals surface area contributed by atoms with Crippen LogP contribution in [0.5, 0.6) is 5.75 Å². The Hall–Kier alpha value is -2.33. The van der Waals surface area contributed by atoms with E-state index in [1.54, 1.807) is 0 Å². The number of aliphatic imine (C=N–C) groups is 1. The number of anilines is 2. The van der Waals surface area contributed by atoms with Gasteiger partial charge in [-0.1, -0.05) is 23.7 Å². The normalized spacial score (nSPS) is 16.5. The molecule has 2 aliphatic heterocycles. The summed E-state index contributed by atoms with van der Waals surface area (Å²) in [5, 5.41) is 6.60. The Morgan fingerprint density at radius 2 is 1.89 bits per heavy atom. The minimum absolute atomic E-state index is 0.0301. The first-order chi connectivity index (χ1) is 12.9. The Kier molecular flexibility index (Phi) is 4.68. The Morgan fingerprint density at radius 3 is 2.63 bits per heavy atom. The SMILES string of the molecule is O=S(=O)(O)Oc1cc2c(cc1Cl)N=C(N1CCNCC1)c1ccccc1N2. The number of piperazine rings is 1. The van der Waals surface area contributed by atoms with Gasteiger partial charge in [0.05, 0.1) is 16.4 Å². The molecule has 4 rings (SSSR count). The Labute approximate surface area is 161 Å². The molecule has 0 radical (unpaired) electrons. The number of nitrogens with one attached hydrogen (secondary N) is 2. The fourth-order valence-corrected chi connectivity index (χ4v) is 3.74. The van der Waals surface area contributed by atoms with Gasteiger partial charge in [0.15, 0.2) is 5.75 Å². The van der Waals surface area contributed by atoms with Crippen molar-refractivity contribution in [3.8, 4) is 5.75 Å². The van der Waals surface area contributed by atoms with Crippen LogP contribution in [0.1, 0.15) is 5.56 Å². The summed E-state index contributed by atoms with van der Waals surface area (Å²) in [6, 6.07) is 10.7. The van der Waals surface area contributed by atoms with E-state index >= 15 is 0 Å². The molecule has 0 saturated carbocycles. The molecule has 0 aromatic heterocycles. The molecule has 0 spiro atoms. The lowest BCUT2D eigenvalue weighted by atomic mass is 10.1. The average molecular weight is 409 g/mol. The molecule has 2 aromatic carbocycles. The fraction of sp³-hybridized carbons (Fsp3) is 0.235. The van der Waals surface area contributed by atoms with Gasteiger partial charge in [-0.15, -0.1) is 0 Å². The van der Waals surface area contributed by atoms with Gasteiger partial charge < -0.3 is 19.7 Å².